The van der Waals surface area contributed by atoms with Crippen LogP contribution in [0.1, 0.15) is 24.0 Å². The molecule has 7 nitrogen and oxygen atoms in total. The van der Waals surface area contributed by atoms with E-state index in [1.54, 1.807) is 23.7 Å². The van der Waals surface area contributed by atoms with Gasteiger partial charge in [0.1, 0.15) is 6.04 Å². The van der Waals surface area contributed by atoms with Crippen molar-refractivity contribution in [3.05, 3.63) is 29.3 Å². The fourth-order valence-corrected chi connectivity index (χ4v) is 9.19. The number of nitrogens with zero attached hydrogens (tertiary/aromatic N) is 1. The fourth-order valence-electron chi connectivity index (χ4n) is 5.58. The summed E-state index contributed by atoms with van der Waals surface area (Å²) < 4.78 is -0.663. The van der Waals surface area contributed by atoms with E-state index < -0.39 is 22.6 Å². The smallest absolute Gasteiger partial charge is 0.248 e. The number of benzene rings is 1. The molecule has 168 valence electrons. The lowest BCUT2D eigenvalue weighted by Crippen LogP contribution is -2.53. The van der Waals surface area contributed by atoms with Gasteiger partial charge in [0.2, 0.25) is 17.7 Å². The molecule has 1 aromatic rings. The number of aliphatic hydroxyl groups excluding tert-OH is 1. The number of likely N-dealkylation sites (tertiary alicyclic amines) is 1. The van der Waals surface area contributed by atoms with Crippen LogP contribution in [0.25, 0.3) is 0 Å². The summed E-state index contributed by atoms with van der Waals surface area (Å²) in [5.74, 6) is -1.55. The number of rotatable bonds is 6. The average Bonchev–Trinajstić information content (AvgIpc) is 3.32. The molecule has 1 aromatic carbocycles. The highest BCUT2D eigenvalue weighted by molar-refractivity contribution is 9.09. The molecule has 0 aliphatic carbocycles. The van der Waals surface area contributed by atoms with Crippen LogP contribution in [0.2, 0.25) is 0 Å². The molecule has 4 rings (SSSR count). The first-order valence-corrected chi connectivity index (χ1v) is 12.4. The van der Waals surface area contributed by atoms with Crippen LogP contribution < -0.4 is 10.6 Å². The van der Waals surface area contributed by atoms with Gasteiger partial charge in [-0.05, 0) is 37.8 Å². The van der Waals surface area contributed by atoms with E-state index in [4.69, 9.17) is 0 Å². The van der Waals surface area contributed by atoms with Crippen molar-refractivity contribution >= 4 is 51.1 Å². The third kappa shape index (κ3) is 3.40. The van der Waals surface area contributed by atoms with Crippen molar-refractivity contribution in [1.29, 1.82) is 0 Å². The van der Waals surface area contributed by atoms with Gasteiger partial charge in [0.05, 0.1) is 16.6 Å². The Bertz CT molecular complexity index is 908. The fraction of sp³-hybridized carbons (Fsp3) is 0.591. The van der Waals surface area contributed by atoms with Gasteiger partial charge in [0.15, 0.2) is 0 Å². The van der Waals surface area contributed by atoms with Gasteiger partial charge < -0.3 is 20.6 Å². The summed E-state index contributed by atoms with van der Waals surface area (Å²) >= 11 is 5.33. The van der Waals surface area contributed by atoms with E-state index in [-0.39, 0.29) is 41.0 Å². The number of carbonyl (C=O) groups excluding carboxylic acids is 3. The molecule has 0 saturated carbocycles. The molecule has 31 heavy (non-hydrogen) atoms. The lowest BCUT2D eigenvalue weighted by molar-refractivity contribution is -0.139. The van der Waals surface area contributed by atoms with Gasteiger partial charge in [-0.1, -0.05) is 34.1 Å². The Kier molecular flexibility index (Phi) is 6.13. The Balaban J connectivity index is 1.74. The number of aryl methyl sites for hydroxylation is 2. The third-order valence-corrected chi connectivity index (χ3v) is 10.1. The van der Waals surface area contributed by atoms with Gasteiger partial charge in [-0.15, -0.1) is 11.8 Å². The molecular formula is C22H28BrN3O4S. The van der Waals surface area contributed by atoms with Gasteiger partial charge in [-0.2, -0.15) is 0 Å². The number of carbonyl (C=O) groups is 3. The number of hydrogen-bond acceptors (Lipinski definition) is 5. The number of fused-ring (bicyclic) bond motifs is 1. The lowest BCUT2D eigenvalue weighted by atomic mass is 9.70. The summed E-state index contributed by atoms with van der Waals surface area (Å²) in [6, 6.07) is 5.14. The second kappa shape index (κ2) is 8.41. The molecule has 3 aliphatic heterocycles. The Labute approximate surface area is 194 Å². The van der Waals surface area contributed by atoms with E-state index in [0.29, 0.717) is 12.8 Å². The minimum atomic E-state index is -0.694. The van der Waals surface area contributed by atoms with Crippen LogP contribution in [0.4, 0.5) is 5.69 Å². The first-order chi connectivity index (χ1) is 14.8. The summed E-state index contributed by atoms with van der Waals surface area (Å²) in [4.78, 5) is 41.7. The number of nitrogens with one attached hydrogen (secondary N) is 2. The van der Waals surface area contributed by atoms with E-state index in [1.807, 2.05) is 32.0 Å². The van der Waals surface area contributed by atoms with Crippen molar-refractivity contribution in [1.82, 2.24) is 10.2 Å². The van der Waals surface area contributed by atoms with Gasteiger partial charge in [-0.25, -0.2) is 0 Å². The normalized spacial score (nSPS) is 33.5. The van der Waals surface area contributed by atoms with E-state index in [9.17, 15) is 19.5 Å². The molecule has 1 spiro atoms. The number of anilines is 1. The topological polar surface area (TPSA) is 98.7 Å². The van der Waals surface area contributed by atoms with Crippen LogP contribution in [0, 0.1) is 25.7 Å². The summed E-state index contributed by atoms with van der Waals surface area (Å²) in [6.45, 7) is 4.11. The van der Waals surface area contributed by atoms with E-state index >= 15 is 0 Å². The predicted octanol–water partition coefficient (Wildman–Crippen LogP) is 1.83. The third-order valence-electron chi connectivity index (χ3n) is 6.87. The van der Waals surface area contributed by atoms with Crippen molar-refractivity contribution < 1.29 is 19.5 Å². The molecule has 3 amide bonds. The SMILES string of the molecule is CNC(=O)[C@H]1[C@H]2C(=O)N(CCCO)C(C(=O)Nc3c(C)cccc3C)C23CC(Br)[C@@H]1S3. The maximum atomic E-state index is 13.7. The van der Waals surface area contributed by atoms with Crippen molar-refractivity contribution in [2.75, 3.05) is 25.5 Å². The minimum absolute atomic E-state index is 0.0515. The largest absolute Gasteiger partial charge is 0.396 e. The number of alkyl halides is 1. The zero-order chi connectivity index (χ0) is 22.5. The van der Waals surface area contributed by atoms with Gasteiger partial charge >= 0.3 is 0 Å². The summed E-state index contributed by atoms with van der Waals surface area (Å²) in [5.41, 5.74) is 2.68. The molecular weight excluding hydrogens is 482 g/mol. The van der Waals surface area contributed by atoms with Crippen LogP contribution in [0.15, 0.2) is 18.2 Å². The summed E-state index contributed by atoms with van der Waals surface area (Å²) in [6.07, 6.45) is 1.03. The number of aliphatic hydroxyl groups is 1. The van der Waals surface area contributed by atoms with Gasteiger partial charge in [0.25, 0.3) is 0 Å². The Morgan fingerprint density at radius 1 is 1.29 bits per heavy atom. The van der Waals surface area contributed by atoms with Crippen LogP contribution in [-0.4, -0.2) is 68.8 Å². The quantitative estimate of drug-likeness (QED) is 0.508. The van der Waals surface area contributed by atoms with Crippen LogP contribution in [0.5, 0.6) is 0 Å². The molecule has 0 radical (unpaired) electrons. The maximum Gasteiger partial charge on any atom is 0.248 e. The second-order valence-corrected chi connectivity index (χ2v) is 11.4. The van der Waals surface area contributed by atoms with E-state index in [2.05, 4.69) is 26.6 Å². The van der Waals surface area contributed by atoms with Crippen LogP contribution >= 0.6 is 27.7 Å². The van der Waals surface area contributed by atoms with E-state index in [0.717, 1.165) is 16.8 Å². The number of para-hydroxylation sites is 1. The molecule has 3 aliphatic rings. The highest BCUT2D eigenvalue weighted by Crippen LogP contribution is 2.67. The first-order valence-electron chi connectivity index (χ1n) is 10.6. The van der Waals surface area contributed by atoms with Crippen molar-refractivity contribution in [2.45, 2.75) is 47.6 Å². The number of hydrogen-bond donors (Lipinski definition) is 3. The maximum absolute atomic E-state index is 13.7. The Morgan fingerprint density at radius 2 is 1.97 bits per heavy atom. The molecule has 3 saturated heterocycles. The summed E-state index contributed by atoms with van der Waals surface area (Å²) in [5, 5.41) is 15.1. The second-order valence-electron chi connectivity index (χ2n) is 8.64. The molecule has 2 bridgehead atoms. The minimum Gasteiger partial charge on any atom is -0.396 e. The number of thioether (sulfide) groups is 1. The van der Waals surface area contributed by atoms with Crippen molar-refractivity contribution in [3.63, 3.8) is 0 Å². The lowest BCUT2D eigenvalue weighted by Gasteiger charge is -2.35. The molecule has 0 aromatic heterocycles. The standard InChI is InChI=1S/C22H28BrN3O4S/c1-11-6-4-7-12(2)16(11)25-20(29)18-22-10-13(23)17(31-22)14(19(28)24-3)15(22)21(30)26(18)8-5-9-27/h4,6-7,13-15,17-18,27H,5,8-10H2,1-3H3,(H,24,28)(H,25,29)/t13?,14-,15-,17-,18?,22?/m0/s1. The molecule has 3 fully saturated rings. The highest BCUT2D eigenvalue weighted by Gasteiger charge is 2.75. The van der Waals surface area contributed by atoms with Gasteiger partial charge in [0, 0.05) is 36.0 Å². The Hall–Kier alpha value is -1.58. The number of amides is 3. The van der Waals surface area contributed by atoms with Crippen molar-refractivity contribution in [2.24, 2.45) is 11.8 Å². The monoisotopic (exact) mass is 509 g/mol. The average molecular weight is 510 g/mol. The molecule has 3 N–H and O–H groups in total. The van der Waals surface area contributed by atoms with E-state index in [1.165, 1.54) is 0 Å². The zero-order valence-electron chi connectivity index (χ0n) is 17.9. The molecule has 3 unspecified atom stereocenters. The molecule has 6 atom stereocenters. The number of halogens is 1. The molecule has 3 heterocycles. The zero-order valence-corrected chi connectivity index (χ0v) is 20.3. The highest BCUT2D eigenvalue weighted by atomic mass is 79.9. The van der Waals surface area contributed by atoms with Crippen molar-refractivity contribution in [3.8, 4) is 0 Å². The van der Waals surface area contributed by atoms with Gasteiger partial charge in [-0.3, -0.25) is 14.4 Å². The van der Waals surface area contributed by atoms with Crippen LogP contribution in [-0.2, 0) is 14.4 Å². The predicted molar refractivity (Wildman–Crippen MR) is 124 cm³/mol. The van der Waals surface area contributed by atoms with Crippen LogP contribution in [0.3, 0.4) is 0 Å². The molecule has 9 heteroatoms. The Morgan fingerprint density at radius 3 is 2.58 bits per heavy atom. The first kappa shape index (κ1) is 22.6. The summed E-state index contributed by atoms with van der Waals surface area (Å²) in [7, 11) is 1.59.